The predicted octanol–water partition coefficient (Wildman–Crippen LogP) is 3.82. The van der Waals surface area contributed by atoms with E-state index in [0.717, 1.165) is 37.2 Å². The summed E-state index contributed by atoms with van der Waals surface area (Å²) in [6.45, 7) is 9.06. The smallest absolute Gasteiger partial charge is 0.123 e. The Morgan fingerprint density at radius 2 is 1.76 bits per heavy atom. The summed E-state index contributed by atoms with van der Waals surface area (Å²) in [6, 6.07) is 6.63. The zero-order valence-electron chi connectivity index (χ0n) is 13.1. The quantitative estimate of drug-likeness (QED) is 0.835. The molecular formula is C18H27FN2. The van der Waals surface area contributed by atoms with E-state index in [1.54, 1.807) is 0 Å². The maximum Gasteiger partial charge on any atom is 0.123 e. The van der Waals surface area contributed by atoms with Crippen molar-refractivity contribution in [2.75, 3.05) is 19.6 Å². The SMILES string of the molecule is C=C(C)CC(N)(CN1CCCCCC1)c1ccc(F)cc1. The van der Waals surface area contributed by atoms with E-state index in [0.29, 0.717) is 0 Å². The second-order valence-electron chi connectivity index (χ2n) is 6.49. The Labute approximate surface area is 127 Å². The van der Waals surface area contributed by atoms with Gasteiger partial charge in [0.05, 0.1) is 5.54 Å². The highest BCUT2D eigenvalue weighted by Crippen LogP contribution is 2.28. The summed E-state index contributed by atoms with van der Waals surface area (Å²) in [7, 11) is 0. The van der Waals surface area contributed by atoms with Gasteiger partial charge in [0.1, 0.15) is 5.82 Å². The second-order valence-corrected chi connectivity index (χ2v) is 6.49. The van der Waals surface area contributed by atoms with Crippen molar-refractivity contribution < 1.29 is 4.39 Å². The maximum atomic E-state index is 13.2. The van der Waals surface area contributed by atoms with Crippen LogP contribution in [0.3, 0.4) is 0 Å². The van der Waals surface area contributed by atoms with Crippen molar-refractivity contribution >= 4 is 0 Å². The average Bonchev–Trinajstić information content (AvgIpc) is 2.67. The first-order valence-electron chi connectivity index (χ1n) is 7.91. The molecule has 0 spiro atoms. The summed E-state index contributed by atoms with van der Waals surface area (Å²) in [5.41, 5.74) is 8.31. The first kappa shape index (κ1) is 16.2. The summed E-state index contributed by atoms with van der Waals surface area (Å²) in [4.78, 5) is 2.46. The molecule has 0 radical (unpaired) electrons. The third-order valence-electron chi connectivity index (χ3n) is 4.24. The molecule has 0 aliphatic carbocycles. The topological polar surface area (TPSA) is 29.3 Å². The molecular weight excluding hydrogens is 263 g/mol. The third-order valence-corrected chi connectivity index (χ3v) is 4.24. The van der Waals surface area contributed by atoms with Gasteiger partial charge in [-0.15, -0.1) is 6.58 Å². The lowest BCUT2D eigenvalue weighted by atomic mass is 9.84. The first-order valence-corrected chi connectivity index (χ1v) is 7.91. The molecule has 3 heteroatoms. The van der Waals surface area contributed by atoms with Crippen LogP contribution in [0.2, 0.25) is 0 Å². The zero-order chi connectivity index (χ0) is 15.3. The number of nitrogens with two attached hydrogens (primary N) is 1. The molecule has 1 fully saturated rings. The van der Waals surface area contributed by atoms with Crippen LogP contribution in [0, 0.1) is 5.82 Å². The van der Waals surface area contributed by atoms with E-state index in [1.807, 2.05) is 19.1 Å². The average molecular weight is 290 g/mol. The number of halogens is 1. The minimum absolute atomic E-state index is 0.216. The van der Waals surface area contributed by atoms with Crippen LogP contribution in [-0.4, -0.2) is 24.5 Å². The van der Waals surface area contributed by atoms with Crippen LogP contribution < -0.4 is 5.73 Å². The molecule has 1 aliphatic rings. The van der Waals surface area contributed by atoms with Gasteiger partial charge >= 0.3 is 0 Å². The molecule has 0 bridgehead atoms. The molecule has 0 saturated carbocycles. The minimum Gasteiger partial charge on any atom is -0.320 e. The Balaban J connectivity index is 2.19. The van der Waals surface area contributed by atoms with Gasteiger partial charge in [0.2, 0.25) is 0 Å². The van der Waals surface area contributed by atoms with Crippen molar-refractivity contribution in [2.24, 2.45) is 5.73 Å². The molecule has 2 rings (SSSR count). The molecule has 21 heavy (non-hydrogen) atoms. The van der Waals surface area contributed by atoms with Crippen LogP contribution in [0.1, 0.15) is 44.6 Å². The monoisotopic (exact) mass is 290 g/mol. The van der Waals surface area contributed by atoms with Crippen LogP contribution in [-0.2, 0) is 5.54 Å². The van der Waals surface area contributed by atoms with E-state index < -0.39 is 5.54 Å². The standard InChI is InChI=1S/C18H27FN2/c1-15(2)13-18(20,16-7-9-17(19)10-8-16)14-21-11-5-3-4-6-12-21/h7-10H,1,3-6,11-14,20H2,2H3. The highest BCUT2D eigenvalue weighted by Gasteiger charge is 2.30. The van der Waals surface area contributed by atoms with Gasteiger partial charge in [0.25, 0.3) is 0 Å². The molecule has 2 nitrogen and oxygen atoms in total. The van der Waals surface area contributed by atoms with Gasteiger partial charge in [-0.05, 0) is 57.0 Å². The Hall–Kier alpha value is -1.19. The number of hydrogen-bond donors (Lipinski definition) is 1. The lowest BCUT2D eigenvalue weighted by Crippen LogP contribution is -2.48. The number of nitrogens with zero attached hydrogens (tertiary/aromatic N) is 1. The molecule has 0 amide bonds. The molecule has 1 atom stereocenters. The van der Waals surface area contributed by atoms with Crippen molar-refractivity contribution in [3.63, 3.8) is 0 Å². The Kier molecular flexibility index (Phi) is 5.54. The summed E-state index contributed by atoms with van der Waals surface area (Å²) in [6.07, 6.45) is 5.84. The van der Waals surface area contributed by atoms with Crippen LogP contribution >= 0.6 is 0 Å². The summed E-state index contributed by atoms with van der Waals surface area (Å²) >= 11 is 0. The van der Waals surface area contributed by atoms with Crippen LogP contribution in [0.4, 0.5) is 4.39 Å². The molecule has 1 saturated heterocycles. The summed E-state index contributed by atoms with van der Waals surface area (Å²) < 4.78 is 13.2. The maximum absolute atomic E-state index is 13.2. The van der Waals surface area contributed by atoms with E-state index >= 15 is 0 Å². The zero-order valence-corrected chi connectivity index (χ0v) is 13.1. The lowest BCUT2D eigenvalue weighted by Gasteiger charge is -2.36. The van der Waals surface area contributed by atoms with Crippen molar-refractivity contribution in [3.05, 3.63) is 47.8 Å². The van der Waals surface area contributed by atoms with Crippen molar-refractivity contribution in [1.82, 2.24) is 4.90 Å². The Morgan fingerprint density at radius 3 is 2.29 bits per heavy atom. The fourth-order valence-corrected chi connectivity index (χ4v) is 3.26. The third kappa shape index (κ3) is 4.65. The molecule has 1 aromatic rings. The van der Waals surface area contributed by atoms with Gasteiger partial charge in [-0.1, -0.05) is 30.5 Å². The van der Waals surface area contributed by atoms with E-state index in [-0.39, 0.29) is 5.82 Å². The highest BCUT2D eigenvalue weighted by atomic mass is 19.1. The molecule has 1 aromatic carbocycles. The van der Waals surface area contributed by atoms with Gasteiger partial charge in [0.15, 0.2) is 0 Å². The number of hydrogen-bond acceptors (Lipinski definition) is 2. The molecule has 116 valence electrons. The van der Waals surface area contributed by atoms with E-state index in [4.69, 9.17) is 5.73 Å². The molecule has 1 heterocycles. The van der Waals surface area contributed by atoms with Crippen LogP contribution in [0.25, 0.3) is 0 Å². The van der Waals surface area contributed by atoms with E-state index in [1.165, 1.54) is 37.8 Å². The molecule has 1 unspecified atom stereocenters. The molecule has 2 N–H and O–H groups in total. The largest absolute Gasteiger partial charge is 0.320 e. The number of likely N-dealkylation sites (tertiary alicyclic amines) is 1. The van der Waals surface area contributed by atoms with E-state index in [9.17, 15) is 4.39 Å². The van der Waals surface area contributed by atoms with Crippen LogP contribution in [0.5, 0.6) is 0 Å². The molecule has 0 aromatic heterocycles. The number of benzene rings is 1. The van der Waals surface area contributed by atoms with Crippen LogP contribution in [0.15, 0.2) is 36.4 Å². The van der Waals surface area contributed by atoms with Gasteiger partial charge in [-0.25, -0.2) is 4.39 Å². The molecule has 1 aliphatic heterocycles. The van der Waals surface area contributed by atoms with Gasteiger partial charge in [-0.2, -0.15) is 0 Å². The normalized spacial score (nSPS) is 19.8. The summed E-state index contributed by atoms with van der Waals surface area (Å²) in [5.74, 6) is -0.216. The Bertz CT molecular complexity index is 461. The fourth-order valence-electron chi connectivity index (χ4n) is 3.26. The van der Waals surface area contributed by atoms with Crippen molar-refractivity contribution in [1.29, 1.82) is 0 Å². The van der Waals surface area contributed by atoms with E-state index in [2.05, 4.69) is 11.5 Å². The minimum atomic E-state index is -0.482. The van der Waals surface area contributed by atoms with Gasteiger partial charge < -0.3 is 10.6 Å². The Morgan fingerprint density at radius 1 is 1.19 bits per heavy atom. The first-order chi connectivity index (χ1) is 9.99. The summed E-state index contributed by atoms with van der Waals surface area (Å²) in [5, 5.41) is 0. The lowest BCUT2D eigenvalue weighted by molar-refractivity contribution is 0.212. The van der Waals surface area contributed by atoms with Gasteiger partial charge in [-0.3, -0.25) is 0 Å². The fraction of sp³-hybridized carbons (Fsp3) is 0.556. The van der Waals surface area contributed by atoms with Crippen molar-refractivity contribution in [3.8, 4) is 0 Å². The highest BCUT2D eigenvalue weighted by molar-refractivity contribution is 5.27. The predicted molar refractivity (Wildman–Crippen MR) is 86.6 cm³/mol. The second kappa shape index (κ2) is 7.19. The number of rotatable bonds is 5. The van der Waals surface area contributed by atoms with Crippen molar-refractivity contribution in [2.45, 2.75) is 44.6 Å². The van der Waals surface area contributed by atoms with Gasteiger partial charge in [0, 0.05) is 6.54 Å².